The van der Waals surface area contributed by atoms with Crippen LogP contribution >= 0.6 is 23.2 Å². The second-order valence-corrected chi connectivity index (χ2v) is 20.2. The Labute approximate surface area is 395 Å². The average molecular weight is 948 g/mol. The molecule has 11 rings (SSSR count). The smallest absolute Gasteiger partial charge is 0.329 e. The summed E-state index contributed by atoms with van der Waals surface area (Å²) >= 11 is 12.8. The van der Waals surface area contributed by atoms with Crippen LogP contribution < -0.4 is 31.9 Å². The number of rotatable bonds is 6. The molecule has 1 saturated carbocycles. The predicted molar refractivity (Wildman–Crippen MR) is 252 cm³/mol. The number of imide groups is 1. The van der Waals surface area contributed by atoms with E-state index in [9.17, 15) is 28.8 Å². The number of fused-ring (bicyclic) bond motifs is 4. The predicted octanol–water partition coefficient (Wildman–Crippen LogP) is 6.79. The molecule has 1 aromatic heterocycles. The number of imidazole rings is 1. The van der Waals surface area contributed by atoms with Crippen molar-refractivity contribution in [3.8, 4) is 0 Å². The van der Waals surface area contributed by atoms with Gasteiger partial charge in [-0.05, 0) is 97.8 Å². The lowest BCUT2D eigenvalue weighted by Crippen LogP contribution is -2.62. The first-order chi connectivity index (χ1) is 32.2. The van der Waals surface area contributed by atoms with Crippen molar-refractivity contribution in [3.05, 3.63) is 122 Å². The van der Waals surface area contributed by atoms with Crippen molar-refractivity contribution in [1.29, 1.82) is 0 Å². The third-order valence-corrected chi connectivity index (χ3v) is 16.3. The van der Waals surface area contributed by atoms with Crippen molar-refractivity contribution in [2.45, 2.75) is 86.7 Å². The van der Waals surface area contributed by atoms with Crippen molar-refractivity contribution >= 4 is 80.8 Å². The zero-order valence-electron chi connectivity index (χ0n) is 36.8. The van der Waals surface area contributed by atoms with Crippen molar-refractivity contribution in [1.82, 2.24) is 24.7 Å². The highest BCUT2D eigenvalue weighted by Gasteiger charge is 2.72. The van der Waals surface area contributed by atoms with Crippen LogP contribution in [0, 0.1) is 11.2 Å². The van der Waals surface area contributed by atoms with Gasteiger partial charge in [0.15, 0.2) is 0 Å². The maximum Gasteiger partial charge on any atom is 0.329 e. The fraction of sp³-hybridized carbons (Fsp3) is 0.400. The van der Waals surface area contributed by atoms with Crippen LogP contribution in [0.5, 0.6) is 0 Å². The van der Waals surface area contributed by atoms with Gasteiger partial charge in [-0.1, -0.05) is 66.7 Å². The third kappa shape index (κ3) is 6.66. The lowest BCUT2D eigenvalue weighted by Gasteiger charge is -2.54. The molecule has 1 unspecified atom stereocenters. The monoisotopic (exact) mass is 946 g/mol. The molecule has 3 spiro atoms. The number of carbonyl (C=O) groups is 5. The van der Waals surface area contributed by atoms with E-state index < -0.39 is 46.6 Å². The SMILES string of the molecule is Cn1c(=O)n(C2CCC(=O)NC2=O)c2cccc(N3CCC4(CC3)CN(C(=O)c3ccc(NC(=O)[C@@H]5NC6(CCCCC6)[C@@]6(C(=O)Nc7cc(Cl)ccc76)[C@H]5c5cccc(Cl)c5F)cc3)C4)c21. The third-order valence-electron chi connectivity index (χ3n) is 15.8. The average Bonchev–Trinajstić information content (AvgIpc) is 3.87. The van der Waals surface area contributed by atoms with Gasteiger partial charge in [0, 0.05) is 78.5 Å². The van der Waals surface area contributed by atoms with Crippen molar-refractivity contribution in [2.75, 3.05) is 41.7 Å². The van der Waals surface area contributed by atoms with Crippen LogP contribution in [-0.2, 0) is 31.6 Å². The molecule has 4 atom stereocenters. The summed E-state index contributed by atoms with van der Waals surface area (Å²) in [5.74, 6) is -3.33. The number of aromatic nitrogens is 2. The first-order valence-electron chi connectivity index (χ1n) is 23.1. The van der Waals surface area contributed by atoms with E-state index in [-0.39, 0.29) is 52.3 Å². The van der Waals surface area contributed by atoms with Gasteiger partial charge in [0.2, 0.25) is 23.6 Å². The Morgan fingerprint density at radius 2 is 1.58 bits per heavy atom. The summed E-state index contributed by atoms with van der Waals surface area (Å²) in [6, 6.07) is 20.7. The highest BCUT2D eigenvalue weighted by Crippen LogP contribution is 2.63. The van der Waals surface area contributed by atoms with Gasteiger partial charge < -0.3 is 20.4 Å². The molecule has 0 radical (unpaired) electrons. The largest absolute Gasteiger partial charge is 0.370 e. The molecule has 6 heterocycles. The molecule has 0 bridgehead atoms. The number of nitrogens with zero attached hydrogens (tertiary/aromatic N) is 4. The Balaban J connectivity index is 0.787. The van der Waals surface area contributed by atoms with Crippen LogP contribution in [0.2, 0.25) is 10.0 Å². The molecule has 67 heavy (non-hydrogen) atoms. The molecule has 4 saturated heterocycles. The van der Waals surface area contributed by atoms with Crippen LogP contribution in [0.3, 0.4) is 0 Å². The van der Waals surface area contributed by atoms with Crippen molar-refractivity contribution < 1.29 is 28.4 Å². The van der Waals surface area contributed by atoms with E-state index >= 15 is 4.39 Å². The minimum absolute atomic E-state index is 0.0398. The first kappa shape index (κ1) is 43.5. The summed E-state index contributed by atoms with van der Waals surface area (Å²) in [6.07, 6.45) is 5.93. The summed E-state index contributed by atoms with van der Waals surface area (Å²) in [7, 11) is 1.71. The highest BCUT2D eigenvalue weighted by molar-refractivity contribution is 6.31. The molecule has 14 nitrogen and oxygen atoms in total. The molecule has 5 fully saturated rings. The van der Waals surface area contributed by atoms with Crippen LogP contribution in [-0.4, -0.2) is 81.3 Å². The summed E-state index contributed by atoms with van der Waals surface area (Å²) in [6.45, 7) is 2.66. The molecule has 4 N–H and O–H groups in total. The van der Waals surface area contributed by atoms with E-state index in [0.717, 1.165) is 56.4 Å². The molecular weight excluding hydrogens is 899 g/mol. The van der Waals surface area contributed by atoms with Crippen LogP contribution in [0.15, 0.2) is 83.7 Å². The van der Waals surface area contributed by atoms with E-state index in [1.807, 2.05) is 29.2 Å². The number of hydrogen-bond donors (Lipinski definition) is 4. The second-order valence-electron chi connectivity index (χ2n) is 19.4. The van der Waals surface area contributed by atoms with Gasteiger partial charge in [0.05, 0.1) is 27.8 Å². The van der Waals surface area contributed by atoms with E-state index in [2.05, 4.69) is 26.2 Å². The maximum atomic E-state index is 16.3. The number of likely N-dealkylation sites (tertiary alicyclic amines) is 1. The van der Waals surface area contributed by atoms with Gasteiger partial charge in [-0.3, -0.25) is 43.7 Å². The molecule has 346 valence electrons. The molecule has 5 aromatic rings. The normalized spacial score (nSPS) is 25.1. The summed E-state index contributed by atoms with van der Waals surface area (Å²) in [5, 5.41) is 12.4. The Kier molecular flexibility index (Phi) is 10.4. The second kappa shape index (κ2) is 16.1. The number of halogens is 3. The molecule has 4 aromatic carbocycles. The number of para-hydroxylation sites is 1. The number of piperidine rings is 2. The summed E-state index contributed by atoms with van der Waals surface area (Å²) in [4.78, 5) is 85.5. The van der Waals surface area contributed by atoms with Crippen molar-refractivity contribution in [2.24, 2.45) is 12.5 Å². The van der Waals surface area contributed by atoms with Crippen LogP contribution in [0.4, 0.5) is 21.5 Å². The number of hydrogen-bond acceptors (Lipinski definition) is 8. The van der Waals surface area contributed by atoms with Gasteiger partial charge in [0.25, 0.3) is 5.91 Å². The number of benzene rings is 4. The Bertz CT molecular complexity index is 2990. The Hall–Kier alpha value is -6.03. The number of aryl methyl sites for hydroxylation is 1. The fourth-order valence-electron chi connectivity index (χ4n) is 12.7. The number of anilines is 3. The molecular formula is C50H49Cl2FN8O6. The Morgan fingerprint density at radius 3 is 2.31 bits per heavy atom. The number of nitrogens with one attached hydrogen (secondary N) is 4. The van der Waals surface area contributed by atoms with E-state index in [1.165, 1.54) is 10.6 Å². The van der Waals surface area contributed by atoms with E-state index in [1.54, 1.807) is 60.1 Å². The topological polar surface area (TPSA) is 167 Å². The zero-order valence-corrected chi connectivity index (χ0v) is 38.3. The number of carbonyl (C=O) groups excluding carboxylic acids is 5. The van der Waals surface area contributed by atoms with Gasteiger partial charge in [-0.2, -0.15) is 0 Å². The van der Waals surface area contributed by atoms with E-state index in [0.29, 0.717) is 59.0 Å². The first-order valence-corrected chi connectivity index (χ1v) is 23.8. The molecule has 17 heteroatoms. The number of amides is 5. The molecule has 6 aliphatic rings. The molecule has 1 aliphatic carbocycles. The quantitative estimate of drug-likeness (QED) is 0.135. The summed E-state index contributed by atoms with van der Waals surface area (Å²) in [5.41, 5.74) is 2.02. The van der Waals surface area contributed by atoms with E-state index in [4.69, 9.17) is 23.2 Å². The van der Waals surface area contributed by atoms with Gasteiger partial charge >= 0.3 is 5.69 Å². The lowest BCUT2D eigenvalue weighted by molar-refractivity contribution is -0.135. The fourth-order valence-corrected chi connectivity index (χ4v) is 13.0. The standard InChI is InChI=1S/C50H49Cl2FN8O6/c1-58-42-35(9-6-10-36(42)61(47(58)67)37-17-18-38(62)56-43(37)63)59-23-21-48(22-24-59)26-60(27-48)45(65)28-11-14-30(15-12-28)54-44(64)41-39(31-7-5-8-33(52)40(31)53)50(49(57-41)19-3-2-4-20-49)32-16-13-29(51)25-34(32)55-46(50)66/h5-16,25,37,39,41,57H,2-4,17-24,26-27H2,1H3,(H,54,64)(H,55,66)(H,56,62,63)/t37?,39-,41+,50+/m0/s1. The zero-order chi connectivity index (χ0) is 46.6. The Morgan fingerprint density at radius 1 is 0.851 bits per heavy atom. The van der Waals surface area contributed by atoms with Gasteiger partial charge in [-0.25, -0.2) is 9.18 Å². The maximum absolute atomic E-state index is 16.3. The summed E-state index contributed by atoms with van der Waals surface area (Å²) < 4.78 is 19.4. The molecule has 5 aliphatic heterocycles. The highest BCUT2D eigenvalue weighted by atomic mass is 35.5. The molecule has 5 amide bonds. The van der Waals surface area contributed by atoms with Gasteiger partial charge in [-0.15, -0.1) is 0 Å². The minimum Gasteiger partial charge on any atom is -0.370 e. The minimum atomic E-state index is -1.36. The van der Waals surface area contributed by atoms with Crippen LogP contribution in [0.1, 0.15) is 91.2 Å². The van der Waals surface area contributed by atoms with Crippen molar-refractivity contribution in [3.63, 3.8) is 0 Å². The van der Waals surface area contributed by atoms with Crippen LogP contribution in [0.25, 0.3) is 11.0 Å². The lowest BCUT2D eigenvalue weighted by atomic mass is 9.55. The van der Waals surface area contributed by atoms with Gasteiger partial charge in [0.1, 0.15) is 17.3 Å².